The summed E-state index contributed by atoms with van der Waals surface area (Å²) in [5.41, 5.74) is -1.08. The average molecular weight is 256 g/mol. The number of carbonyl (C=O) groups is 3. The fourth-order valence-electron chi connectivity index (χ4n) is 1.85. The van der Waals surface area contributed by atoms with Gasteiger partial charge < -0.3 is 15.7 Å². The number of hydrogen-bond donors (Lipinski definition) is 3. The van der Waals surface area contributed by atoms with E-state index in [0.717, 1.165) is 0 Å². The van der Waals surface area contributed by atoms with Gasteiger partial charge in [-0.05, 0) is 12.8 Å². The number of rotatable bonds is 5. The van der Waals surface area contributed by atoms with E-state index in [4.69, 9.17) is 0 Å². The van der Waals surface area contributed by atoms with Crippen LogP contribution in [0.4, 0.5) is 0 Å². The van der Waals surface area contributed by atoms with Crippen molar-refractivity contribution in [3.63, 3.8) is 0 Å². The third-order valence-electron chi connectivity index (χ3n) is 3.63. The zero-order valence-corrected chi connectivity index (χ0v) is 10.9. The Morgan fingerprint density at radius 2 is 2.17 bits per heavy atom. The number of carboxylic acids is 1. The standard InChI is InChI=1S/C12H20N2O4/c1-7(2)12(3,11(17)18)5-10(16)14-8-4-9(15)13-6-8/h7-8H,4-6H2,1-3H3,(H,13,15)(H,14,16)(H,17,18). The molecule has 0 radical (unpaired) electrons. The first-order valence-corrected chi connectivity index (χ1v) is 6.05. The maximum atomic E-state index is 11.8. The van der Waals surface area contributed by atoms with Crippen LogP contribution in [-0.2, 0) is 14.4 Å². The van der Waals surface area contributed by atoms with Crippen LogP contribution in [0, 0.1) is 11.3 Å². The molecule has 1 rings (SSSR count). The second kappa shape index (κ2) is 5.37. The molecular weight excluding hydrogens is 236 g/mol. The van der Waals surface area contributed by atoms with Gasteiger partial charge in [-0.15, -0.1) is 0 Å². The maximum Gasteiger partial charge on any atom is 0.310 e. The van der Waals surface area contributed by atoms with E-state index in [1.807, 2.05) is 0 Å². The molecule has 1 fully saturated rings. The quantitative estimate of drug-likeness (QED) is 0.651. The summed E-state index contributed by atoms with van der Waals surface area (Å²) in [5.74, 6) is -1.54. The average Bonchev–Trinajstić information content (AvgIpc) is 2.62. The Bertz CT molecular complexity index is 367. The van der Waals surface area contributed by atoms with Crippen molar-refractivity contribution in [1.29, 1.82) is 0 Å². The van der Waals surface area contributed by atoms with Crippen molar-refractivity contribution in [2.75, 3.05) is 6.54 Å². The van der Waals surface area contributed by atoms with E-state index in [2.05, 4.69) is 10.6 Å². The molecule has 2 unspecified atom stereocenters. The number of nitrogens with one attached hydrogen (secondary N) is 2. The first-order chi connectivity index (χ1) is 8.25. The summed E-state index contributed by atoms with van der Waals surface area (Å²) in [4.78, 5) is 34.0. The molecule has 1 saturated heterocycles. The fourth-order valence-corrected chi connectivity index (χ4v) is 1.85. The van der Waals surface area contributed by atoms with Crippen molar-refractivity contribution in [3.05, 3.63) is 0 Å². The lowest BCUT2D eigenvalue weighted by Gasteiger charge is -2.28. The highest BCUT2D eigenvalue weighted by atomic mass is 16.4. The third kappa shape index (κ3) is 3.21. The van der Waals surface area contributed by atoms with Crippen molar-refractivity contribution < 1.29 is 19.5 Å². The van der Waals surface area contributed by atoms with Gasteiger partial charge in [0.2, 0.25) is 11.8 Å². The Balaban J connectivity index is 2.57. The molecule has 0 aromatic heterocycles. The number of carbonyl (C=O) groups excluding carboxylic acids is 2. The zero-order chi connectivity index (χ0) is 13.9. The molecule has 3 N–H and O–H groups in total. The van der Waals surface area contributed by atoms with Crippen molar-refractivity contribution in [3.8, 4) is 0 Å². The summed E-state index contributed by atoms with van der Waals surface area (Å²) >= 11 is 0. The lowest BCUT2D eigenvalue weighted by atomic mass is 9.76. The first kappa shape index (κ1) is 14.5. The zero-order valence-electron chi connectivity index (χ0n) is 10.9. The third-order valence-corrected chi connectivity index (χ3v) is 3.63. The van der Waals surface area contributed by atoms with Gasteiger partial charge >= 0.3 is 5.97 Å². The summed E-state index contributed by atoms with van der Waals surface area (Å²) in [6.07, 6.45) is 0.182. The second-order valence-electron chi connectivity index (χ2n) is 5.33. The van der Waals surface area contributed by atoms with Gasteiger partial charge in [-0.1, -0.05) is 13.8 Å². The molecule has 1 aliphatic heterocycles. The summed E-state index contributed by atoms with van der Waals surface area (Å²) in [5, 5.41) is 14.5. The number of hydrogen-bond acceptors (Lipinski definition) is 3. The minimum Gasteiger partial charge on any atom is -0.481 e. The van der Waals surface area contributed by atoms with E-state index in [1.165, 1.54) is 0 Å². The van der Waals surface area contributed by atoms with Crippen molar-refractivity contribution in [1.82, 2.24) is 10.6 Å². The SMILES string of the molecule is CC(C)C(C)(CC(=O)NC1CNC(=O)C1)C(=O)O. The van der Waals surface area contributed by atoms with Gasteiger partial charge in [0.1, 0.15) is 0 Å². The molecule has 6 heteroatoms. The molecule has 1 aliphatic rings. The molecule has 2 atom stereocenters. The van der Waals surface area contributed by atoms with E-state index in [1.54, 1.807) is 20.8 Å². The molecule has 2 amide bonds. The molecule has 0 aliphatic carbocycles. The highest BCUT2D eigenvalue weighted by molar-refractivity contribution is 5.86. The largest absolute Gasteiger partial charge is 0.481 e. The van der Waals surface area contributed by atoms with Crippen LogP contribution < -0.4 is 10.6 Å². The normalized spacial score (nSPS) is 22.4. The van der Waals surface area contributed by atoms with Crippen LogP contribution in [0.3, 0.4) is 0 Å². The van der Waals surface area contributed by atoms with Crippen LogP contribution in [0.5, 0.6) is 0 Å². The fraction of sp³-hybridized carbons (Fsp3) is 0.750. The number of aliphatic carboxylic acids is 1. The molecule has 102 valence electrons. The molecule has 0 aromatic carbocycles. The van der Waals surface area contributed by atoms with Crippen LogP contribution in [-0.4, -0.2) is 35.5 Å². The van der Waals surface area contributed by atoms with Crippen molar-refractivity contribution >= 4 is 17.8 Å². The van der Waals surface area contributed by atoms with Crippen LogP contribution in [0.15, 0.2) is 0 Å². The van der Waals surface area contributed by atoms with E-state index < -0.39 is 11.4 Å². The number of amides is 2. The van der Waals surface area contributed by atoms with Gasteiger partial charge in [0.25, 0.3) is 0 Å². The number of carboxylic acid groups (broad SMARTS) is 1. The predicted molar refractivity (Wildman–Crippen MR) is 64.8 cm³/mol. The van der Waals surface area contributed by atoms with Crippen LogP contribution in [0.25, 0.3) is 0 Å². The van der Waals surface area contributed by atoms with E-state index in [-0.39, 0.29) is 36.6 Å². The van der Waals surface area contributed by atoms with Gasteiger partial charge in [-0.2, -0.15) is 0 Å². The molecule has 1 heterocycles. The Labute approximate surface area is 106 Å². The summed E-state index contributed by atoms with van der Waals surface area (Å²) in [7, 11) is 0. The lowest BCUT2D eigenvalue weighted by molar-refractivity contribution is -0.153. The van der Waals surface area contributed by atoms with Gasteiger partial charge in [0.15, 0.2) is 0 Å². The monoisotopic (exact) mass is 256 g/mol. The lowest BCUT2D eigenvalue weighted by Crippen LogP contribution is -2.42. The summed E-state index contributed by atoms with van der Waals surface area (Å²) < 4.78 is 0. The van der Waals surface area contributed by atoms with Crippen LogP contribution >= 0.6 is 0 Å². The van der Waals surface area contributed by atoms with Gasteiger partial charge in [0, 0.05) is 19.4 Å². The van der Waals surface area contributed by atoms with E-state index in [9.17, 15) is 19.5 Å². The molecular formula is C12H20N2O4. The predicted octanol–water partition coefficient (Wildman–Crippen LogP) is 0.128. The molecule has 0 saturated carbocycles. The maximum absolute atomic E-state index is 11.8. The van der Waals surface area contributed by atoms with Crippen LogP contribution in [0.1, 0.15) is 33.6 Å². The van der Waals surface area contributed by atoms with Crippen LogP contribution in [0.2, 0.25) is 0 Å². The molecule has 6 nitrogen and oxygen atoms in total. The Kier molecular flexibility index (Phi) is 4.32. The van der Waals surface area contributed by atoms with Gasteiger partial charge in [-0.3, -0.25) is 14.4 Å². The molecule has 0 bridgehead atoms. The minimum atomic E-state index is -1.08. The minimum absolute atomic E-state index is 0.0787. The Morgan fingerprint density at radius 1 is 1.56 bits per heavy atom. The highest BCUT2D eigenvalue weighted by Crippen LogP contribution is 2.31. The van der Waals surface area contributed by atoms with E-state index >= 15 is 0 Å². The Morgan fingerprint density at radius 3 is 2.56 bits per heavy atom. The summed E-state index contributed by atoms with van der Waals surface area (Å²) in [6.45, 7) is 5.54. The second-order valence-corrected chi connectivity index (χ2v) is 5.33. The topological polar surface area (TPSA) is 95.5 Å². The van der Waals surface area contributed by atoms with Gasteiger partial charge in [-0.25, -0.2) is 0 Å². The first-order valence-electron chi connectivity index (χ1n) is 6.05. The van der Waals surface area contributed by atoms with Gasteiger partial charge in [0.05, 0.1) is 11.5 Å². The Hall–Kier alpha value is -1.59. The molecule has 0 spiro atoms. The van der Waals surface area contributed by atoms with Crippen molar-refractivity contribution in [2.45, 2.75) is 39.7 Å². The smallest absolute Gasteiger partial charge is 0.310 e. The summed E-state index contributed by atoms with van der Waals surface area (Å²) in [6, 6.07) is -0.227. The van der Waals surface area contributed by atoms with Crippen molar-refractivity contribution in [2.24, 2.45) is 11.3 Å². The van der Waals surface area contributed by atoms with E-state index in [0.29, 0.717) is 6.54 Å². The highest BCUT2D eigenvalue weighted by Gasteiger charge is 2.39. The molecule has 0 aromatic rings. The molecule has 18 heavy (non-hydrogen) atoms.